The summed E-state index contributed by atoms with van der Waals surface area (Å²) in [7, 11) is 0. The smallest absolute Gasteiger partial charge is 0.408 e. The number of carbonyl (C=O) groups is 2. The molecule has 0 spiro atoms. The van der Waals surface area contributed by atoms with Gasteiger partial charge in [-0.1, -0.05) is 6.07 Å². The molecule has 1 rings (SSSR count). The van der Waals surface area contributed by atoms with Gasteiger partial charge in [0.2, 0.25) is 5.82 Å². The van der Waals surface area contributed by atoms with Crippen molar-refractivity contribution in [2.24, 2.45) is 0 Å². The molecular weight excluding hydrogens is 300 g/mol. The Hall–Kier alpha value is -2.38. The molecule has 6 nitrogen and oxygen atoms in total. The number of aliphatic carboxylic acids is 1. The number of carboxylic acid groups (broad SMARTS) is 1. The number of phenolic OH excluding ortho intramolecular Hbond substituents is 1. The molecule has 0 bridgehead atoms. The van der Waals surface area contributed by atoms with Gasteiger partial charge in [-0.15, -0.1) is 0 Å². The Balaban J connectivity index is 2.88. The summed E-state index contributed by atoms with van der Waals surface area (Å²) in [6.45, 7) is 4.78. The first-order valence-corrected chi connectivity index (χ1v) is 6.39. The van der Waals surface area contributed by atoms with Gasteiger partial charge in [0.1, 0.15) is 11.6 Å². The maximum atomic E-state index is 13.6. The van der Waals surface area contributed by atoms with Crippen molar-refractivity contribution in [2.75, 3.05) is 0 Å². The van der Waals surface area contributed by atoms with Crippen molar-refractivity contribution in [3.05, 3.63) is 29.3 Å². The van der Waals surface area contributed by atoms with Crippen molar-refractivity contribution < 1.29 is 33.3 Å². The van der Waals surface area contributed by atoms with Crippen molar-refractivity contribution in [1.29, 1.82) is 0 Å². The third-order valence-corrected chi connectivity index (χ3v) is 2.56. The lowest BCUT2D eigenvalue weighted by atomic mass is 10.0. The Labute approximate surface area is 125 Å². The lowest BCUT2D eigenvalue weighted by Gasteiger charge is -2.22. The quantitative estimate of drug-likeness (QED) is 0.791. The normalized spacial score (nSPS) is 12.6. The summed E-state index contributed by atoms with van der Waals surface area (Å²) in [4.78, 5) is 22.7. The van der Waals surface area contributed by atoms with Gasteiger partial charge < -0.3 is 20.3 Å². The Bertz CT molecular complexity index is 583. The molecule has 8 heteroatoms. The fourth-order valence-corrected chi connectivity index (χ4v) is 1.61. The number of rotatable bonds is 4. The summed E-state index contributed by atoms with van der Waals surface area (Å²) in [5.74, 6) is -5.15. The highest BCUT2D eigenvalue weighted by molar-refractivity contribution is 5.80. The van der Waals surface area contributed by atoms with Crippen LogP contribution in [0.3, 0.4) is 0 Å². The van der Waals surface area contributed by atoms with E-state index in [1.54, 1.807) is 20.8 Å². The lowest BCUT2D eigenvalue weighted by Crippen LogP contribution is -2.44. The molecule has 0 radical (unpaired) electrons. The fourth-order valence-electron chi connectivity index (χ4n) is 1.61. The fraction of sp³-hybridized carbons (Fsp3) is 0.429. The summed E-state index contributed by atoms with van der Waals surface area (Å²) < 4.78 is 31.8. The van der Waals surface area contributed by atoms with Crippen LogP contribution in [0.2, 0.25) is 0 Å². The highest BCUT2D eigenvalue weighted by atomic mass is 19.2. The van der Waals surface area contributed by atoms with Crippen LogP contribution in [-0.2, 0) is 16.0 Å². The first-order valence-electron chi connectivity index (χ1n) is 6.39. The number of hydrogen-bond donors (Lipinski definition) is 3. The van der Waals surface area contributed by atoms with Gasteiger partial charge in [0, 0.05) is 6.42 Å². The van der Waals surface area contributed by atoms with E-state index < -0.39 is 47.5 Å². The van der Waals surface area contributed by atoms with Crippen molar-refractivity contribution in [2.45, 2.75) is 38.8 Å². The van der Waals surface area contributed by atoms with E-state index in [9.17, 15) is 18.4 Å². The highest BCUT2D eigenvalue weighted by Gasteiger charge is 2.26. The first-order chi connectivity index (χ1) is 10.0. The van der Waals surface area contributed by atoms with E-state index in [2.05, 4.69) is 5.32 Å². The Kier molecular flexibility index (Phi) is 5.29. The minimum Gasteiger partial charge on any atom is -0.505 e. The zero-order chi connectivity index (χ0) is 17.1. The number of aromatic hydroxyl groups is 1. The summed E-state index contributed by atoms with van der Waals surface area (Å²) in [5.41, 5.74) is -1.12. The minimum absolute atomic E-state index is 0.293. The van der Waals surface area contributed by atoms with Crippen LogP contribution in [0, 0.1) is 11.6 Å². The maximum Gasteiger partial charge on any atom is 0.408 e. The second-order valence-electron chi connectivity index (χ2n) is 5.61. The molecule has 1 atom stereocenters. The molecule has 1 aromatic carbocycles. The second-order valence-corrected chi connectivity index (χ2v) is 5.61. The van der Waals surface area contributed by atoms with E-state index in [-0.39, 0.29) is 5.56 Å². The number of phenols is 1. The molecule has 0 aromatic heterocycles. The number of hydrogen-bond acceptors (Lipinski definition) is 4. The molecular formula is C14H17F2NO5. The molecule has 1 unspecified atom stereocenters. The van der Waals surface area contributed by atoms with Gasteiger partial charge in [-0.25, -0.2) is 14.0 Å². The zero-order valence-corrected chi connectivity index (χ0v) is 12.3. The third kappa shape index (κ3) is 4.87. The number of carboxylic acids is 1. The molecule has 122 valence electrons. The Morgan fingerprint density at radius 2 is 1.86 bits per heavy atom. The summed E-state index contributed by atoms with van der Waals surface area (Å²) in [6, 6.07) is 0.439. The molecule has 0 aliphatic rings. The second kappa shape index (κ2) is 6.59. The molecule has 0 fully saturated rings. The van der Waals surface area contributed by atoms with Crippen LogP contribution in [0.5, 0.6) is 5.75 Å². The number of halogens is 2. The number of benzene rings is 1. The topological polar surface area (TPSA) is 95.9 Å². The van der Waals surface area contributed by atoms with Crippen molar-refractivity contribution >= 4 is 12.1 Å². The lowest BCUT2D eigenvalue weighted by molar-refractivity contribution is -0.139. The van der Waals surface area contributed by atoms with Crippen LogP contribution in [0.15, 0.2) is 12.1 Å². The largest absolute Gasteiger partial charge is 0.505 e. The predicted octanol–water partition coefficient (Wildman–Crippen LogP) is 2.19. The van der Waals surface area contributed by atoms with Crippen LogP contribution < -0.4 is 5.32 Å². The number of ether oxygens (including phenoxy) is 1. The van der Waals surface area contributed by atoms with Crippen molar-refractivity contribution in [1.82, 2.24) is 5.32 Å². The van der Waals surface area contributed by atoms with Gasteiger partial charge in [-0.05, 0) is 32.4 Å². The molecule has 0 saturated carbocycles. The highest BCUT2D eigenvalue weighted by Crippen LogP contribution is 2.22. The third-order valence-electron chi connectivity index (χ3n) is 2.56. The summed E-state index contributed by atoms with van der Waals surface area (Å²) in [5, 5.41) is 20.2. The van der Waals surface area contributed by atoms with Crippen LogP contribution in [0.1, 0.15) is 26.3 Å². The standard InChI is InChI=1S/C14H17F2NO5/c1-14(2,3)22-13(21)17-8(12(19)20)6-7-4-5-9(18)11(16)10(7)15/h4-5,8,18H,6H2,1-3H3,(H,17,21)(H,19,20). The molecule has 0 aliphatic heterocycles. The van der Waals surface area contributed by atoms with Gasteiger partial charge in [0.05, 0.1) is 0 Å². The molecule has 0 saturated heterocycles. The van der Waals surface area contributed by atoms with Gasteiger partial charge in [0.25, 0.3) is 0 Å². The molecule has 1 aromatic rings. The minimum atomic E-state index is -1.51. The molecule has 3 N–H and O–H groups in total. The summed E-state index contributed by atoms with van der Waals surface area (Å²) in [6.07, 6.45) is -1.49. The average Bonchev–Trinajstić information content (AvgIpc) is 2.36. The zero-order valence-electron chi connectivity index (χ0n) is 12.3. The Morgan fingerprint density at radius 3 is 2.36 bits per heavy atom. The Morgan fingerprint density at radius 1 is 1.27 bits per heavy atom. The van der Waals surface area contributed by atoms with Gasteiger partial charge in [-0.3, -0.25) is 0 Å². The average molecular weight is 317 g/mol. The maximum absolute atomic E-state index is 13.6. The number of amides is 1. The van der Waals surface area contributed by atoms with E-state index in [0.29, 0.717) is 0 Å². The van der Waals surface area contributed by atoms with Crippen LogP contribution in [0.25, 0.3) is 0 Å². The first kappa shape index (κ1) is 17.7. The van der Waals surface area contributed by atoms with E-state index in [0.717, 1.165) is 12.1 Å². The van der Waals surface area contributed by atoms with Crippen LogP contribution in [-0.4, -0.2) is 33.9 Å². The van der Waals surface area contributed by atoms with Gasteiger partial charge >= 0.3 is 12.1 Å². The summed E-state index contributed by atoms with van der Waals surface area (Å²) >= 11 is 0. The predicted molar refractivity (Wildman–Crippen MR) is 72.5 cm³/mol. The van der Waals surface area contributed by atoms with Crippen LogP contribution >= 0.6 is 0 Å². The molecule has 0 heterocycles. The molecule has 1 amide bonds. The molecule has 0 aliphatic carbocycles. The van der Waals surface area contributed by atoms with E-state index >= 15 is 0 Å². The van der Waals surface area contributed by atoms with E-state index in [1.165, 1.54) is 0 Å². The number of alkyl carbamates (subject to hydrolysis) is 1. The monoisotopic (exact) mass is 317 g/mol. The van der Waals surface area contributed by atoms with Crippen LogP contribution in [0.4, 0.5) is 13.6 Å². The number of carbonyl (C=O) groups excluding carboxylic acids is 1. The van der Waals surface area contributed by atoms with Gasteiger partial charge in [0.15, 0.2) is 11.6 Å². The SMILES string of the molecule is CC(C)(C)OC(=O)NC(Cc1ccc(O)c(F)c1F)C(=O)O. The van der Waals surface area contributed by atoms with E-state index in [4.69, 9.17) is 14.9 Å². The molecule has 22 heavy (non-hydrogen) atoms. The number of nitrogens with one attached hydrogen (secondary N) is 1. The van der Waals surface area contributed by atoms with Crippen molar-refractivity contribution in [3.8, 4) is 5.75 Å². The van der Waals surface area contributed by atoms with Crippen molar-refractivity contribution in [3.63, 3.8) is 0 Å². The van der Waals surface area contributed by atoms with Gasteiger partial charge in [-0.2, -0.15) is 4.39 Å². The van der Waals surface area contributed by atoms with E-state index in [1.807, 2.05) is 0 Å².